The van der Waals surface area contributed by atoms with E-state index in [-0.39, 0.29) is 18.4 Å². The molecular formula is C23H20ClN3O2. The molecule has 0 unspecified atom stereocenters. The summed E-state index contributed by atoms with van der Waals surface area (Å²) in [5.41, 5.74) is 3.43. The second kappa shape index (κ2) is 8.37. The predicted octanol–water partition coefficient (Wildman–Crippen LogP) is 5.21. The van der Waals surface area contributed by atoms with Crippen LogP contribution in [0.1, 0.15) is 24.3 Å². The Hall–Kier alpha value is -3.31. The molecule has 0 saturated heterocycles. The summed E-state index contributed by atoms with van der Waals surface area (Å²) in [5.74, 6) is 0.619. The molecule has 1 N–H and O–H groups in total. The number of para-hydroxylation sites is 1. The van der Waals surface area contributed by atoms with Crippen molar-refractivity contribution in [2.45, 2.75) is 19.4 Å². The first-order valence-corrected chi connectivity index (χ1v) is 9.70. The Morgan fingerprint density at radius 3 is 2.55 bits per heavy atom. The lowest BCUT2D eigenvalue weighted by Gasteiger charge is -2.11. The van der Waals surface area contributed by atoms with Crippen LogP contribution in [0.4, 0.5) is 0 Å². The van der Waals surface area contributed by atoms with Gasteiger partial charge >= 0.3 is 0 Å². The number of nitrogens with zero attached hydrogens (tertiary/aromatic N) is 2. The summed E-state index contributed by atoms with van der Waals surface area (Å²) in [5, 5.41) is 8.37. The van der Waals surface area contributed by atoms with E-state index in [0.717, 1.165) is 28.3 Å². The van der Waals surface area contributed by atoms with Gasteiger partial charge in [0.25, 0.3) is 0 Å². The summed E-state index contributed by atoms with van der Waals surface area (Å²) in [7, 11) is 0. The number of furan rings is 1. The number of nitrogens with one attached hydrogen (secondary N) is 1. The van der Waals surface area contributed by atoms with Crippen LogP contribution >= 0.6 is 11.6 Å². The summed E-state index contributed by atoms with van der Waals surface area (Å²) in [6.45, 7) is 1.89. The number of rotatable bonds is 6. The van der Waals surface area contributed by atoms with E-state index in [9.17, 15) is 4.79 Å². The number of hydrogen-bond donors (Lipinski definition) is 1. The van der Waals surface area contributed by atoms with Crippen LogP contribution in [0.2, 0.25) is 5.02 Å². The molecule has 4 rings (SSSR count). The predicted molar refractivity (Wildman–Crippen MR) is 113 cm³/mol. The third-order valence-electron chi connectivity index (χ3n) is 4.63. The topological polar surface area (TPSA) is 60.1 Å². The van der Waals surface area contributed by atoms with Crippen molar-refractivity contribution in [1.29, 1.82) is 0 Å². The molecule has 0 bridgehead atoms. The highest BCUT2D eigenvalue weighted by molar-refractivity contribution is 6.30. The fourth-order valence-electron chi connectivity index (χ4n) is 3.18. The van der Waals surface area contributed by atoms with Crippen molar-refractivity contribution >= 4 is 17.5 Å². The normalized spacial score (nSPS) is 11.9. The zero-order chi connectivity index (χ0) is 20.2. The van der Waals surface area contributed by atoms with Crippen molar-refractivity contribution < 1.29 is 9.21 Å². The first-order chi connectivity index (χ1) is 14.1. The third kappa shape index (κ3) is 4.41. The Kier molecular flexibility index (Phi) is 5.49. The van der Waals surface area contributed by atoms with Gasteiger partial charge in [0.2, 0.25) is 5.91 Å². The average molecular weight is 406 g/mol. The van der Waals surface area contributed by atoms with Crippen molar-refractivity contribution in [3.8, 4) is 16.9 Å². The summed E-state index contributed by atoms with van der Waals surface area (Å²) in [6, 6.07) is 20.7. The molecule has 5 nitrogen and oxygen atoms in total. The summed E-state index contributed by atoms with van der Waals surface area (Å²) in [6.07, 6.45) is 3.70. The lowest BCUT2D eigenvalue weighted by Crippen LogP contribution is -2.27. The Balaban J connectivity index is 1.62. The fourth-order valence-corrected chi connectivity index (χ4v) is 3.30. The van der Waals surface area contributed by atoms with E-state index < -0.39 is 0 Å². The van der Waals surface area contributed by atoms with Crippen LogP contribution in [-0.2, 0) is 11.2 Å². The minimum Gasteiger partial charge on any atom is -0.467 e. The summed E-state index contributed by atoms with van der Waals surface area (Å²) >= 11 is 6.03. The van der Waals surface area contributed by atoms with Gasteiger partial charge < -0.3 is 9.73 Å². The second-order valence-electron chi connectivity index (χ2n) is 6.77. The van der Waals surface area contributed by atoms with E-state index in [2.05, 4.69) is 5.32 Å². The average Bonchev–Trinajstić information content (AvgIpc) is 3.40. The molecule has 29 heavy (non-hydrogen) atoms. The number of amides is 1. The number of benzene rings is 2. The van der Waals surface area contributed by atoms with Crippen molar-refractivity contribution in [2.75, 3.05) is 0 Å². The number of carbonyl (C=O) groups excluding carboxylic acids is 1. The quantitative estimate of drug-likeness (QED) is 0.479. The van der Waals surface area contributed by atoms with Crippen LogP contribution in [-0.4, -0.2) is 15.7 Å². The van der Waals surface area contributed by atoms with Gasteiger partial charge in [-0.15, -0.1) is 0 Å². The lowest BCUT2D eigenvalue weighted by atomic mass is 10.1. The molecular weight excluding hydrogens is 386 g/mol. The molecule has 1 atom stereocenters. The van der Waals surface area contributed by atoms with Gasteiger partial charge in [-0.1, -0.05) is 41.9 Å². The van der Waals surface area contributed by atoms with Crippen LogP contribution in [0.5, 0.6) is 0 Å². The molecule has 146 valence electrons. The Morgan fingerprint density at radius 1 is 1.10 bits per heavy atom. The van der Waals surface area contributed by atoms with Gasteiger partial charge in [0.05, 0.1) is 30.1 Å². The van der Waals surface area contributed by atoms with E-state index in [4.69, 9.17) is 21.1 Å². The highest BCUT2D eigenvalue weighted by atomic mass is 35.5. The van der Waals surface area contributed by atoms with E-state index in [1.54, 1.807) is 17.0 Å². The van der Waals surface area contributed by atoms with Crippen LogP contribution in [0, 0.1) is 0 Å². The second-order valence-corrected chi connectivity index (χ2v) is 7.21. The van der Waals surface area contributed by atoms with Crippen LogP contribution in [0.3, 0.4) is 0 Å². The van der Waals surface area contributed by atoms with E-state index >= 15 is 0 Å². The highest BCUT2D eigenvalue weighted by Crippen LogP contribution is 2.26. The molecule has 0 aliphatic heterocycles. The molecule has 2 heterocycles. The van der Waals surface area contributed by atoms with E-state index in [1.165, 1.54) is 0 Å². The van der Waals surface area contributed by atoms with Gasteiger partial charge in [0.15, 0.2) is 0 Å². The van der Waals surface area contributed by atoms with Gasteiger partial charge in [-0.05, 0) is 43.3 Å². The van der Waals surface area contributed by atoms with Crippen LogP contribution in [0.15, 0.2) is 83.6 Å². The molecule has 4 aromatic rings. The molecule has 1 amide bonds. The van der Waals surface area contributed by atoms with Gasteiger partial charge in [-0.3, -0.25) is 4.79 Å². The SMILES string of the molecule is C[C@@H](NC(=O)Cc1cn(-c2ccccc2)nc1-c1ccc(Cl)cc1)c1ccco1. The molecule has 0 aliphatic carbocycles. The third-order valence-corrected chi connectivity index (χ3v) is 4.88. The maximum absolute atomic E-state index is 12.7. The first kappa shape index (κ1) is 19.0. The van der Waals surface area contributed by atoms with Gasteiger partial charge in [0, 0.05) is 22.3 Å². The molecule has 0 radical (unpaired) electrons. The maximum Gasteiger partial charge on any atom is 0.225 e. The van der Waals surface area contributed by atoms with Gasteiger partial charge in [-0.25, -0.2) is 4.68 Å². The first-order valence-electron chi connectivity index (χ1n) is 9.33. The standard InChI is InChI=1S/C23H20ClN3O2/c1-16(21-8-5-13-29-21)25-22(28)14-18-15-27(20-6-3-2-4-7-20)26-23(18)17-9-11-19(24)12-10-17/h2-13,15-16H,14H2,1H3,(H,25,28)/t16-/m1/s1. The van der Waals surface area contributed by atoms with Crippen molar-refractivity contribution in [2.24, 2.45) is 0 Å². The molecule has 6 heteroatoms. The van der Waals surface area contributed by atoms with Crippen molar-refractivity contribution in [1.82, 2.24) is 15.1 Å². The minimum atomic E-state index is -0.208. The molecule has 0 aliphatic rings. The molecule has 0 fully saturated rings. The minimum absolute atomic E-state index is 0.100. The zero-order valence-electron chi connectivity index (χ0n) is 15.9. The molecule has 2 aromatic carbocycles. The Labute approximate surface area is 173 Å². The number of halogens is 1. The largest absolute Gasteiger partial charge is 0.467 e. The van der Waals surface area contributed by atoms with Gasteiger partial charge in [-0.2, -0.15) is 5.10 Å². The Morgan fingerprint density at radius 2 is 1.86 bits per heavy atom. The monoisotopic (exact) mass is 405 g/mol. The fraction of sp³-hybridized carbons (Fsp3) is 0.130. The molecule has 2 aromatic heterocycles. The van der Waals surface area contributed by atoms with Crippen LogP contribution < -0.4 is 5.32 Å². The van der Waals surface area contributed by atoms with Crippen molar-refractivity contribution in [3.63, 3.8) is 0 Å². The molecule has 0 saturated carbocycles. The summed E-state index contributed by atoms with van der Waals surface area (Å²) in [4.78, 5) is 12.7. The number of aromatic nitrogens is 2. The smallest absolute Gasteiger partial charge is 0.225 e. The van der Waals surface area contributed by atoms with E-state index in [1.807, 2.05) is 73.8 Å². The van der Waals surface area contributed by atoms with Crippen molar-refractivity contribution in [3.05, 3.63) is 95.5 Å². The number of carbonyl (C=O) groups is 1. The zero-order valence-corrected chi connectivity index (χ0v) is 16.6. The molecule has 0 spiro atoms. The van der Waals surface area contributed by atoms with Crippen LogP contribution in [0.25, 0.3) is 16.9 Å². The van der Waals surface area contributed by atoms with E-state index in [0.29, 0.717) is 5.02 Å². The summed E-state index contributed by atoms with van der Waals surface area (Å²) < 4.78 is 7.16. The maximum atomic E-state index is 12.7. The highest BCUT2D eigenvalue weighted by Gasteiger charge is 2.18. The van der Waals surface area contributed by atoms with Gasteiger partial charge in [0.1, 0.15) is 5.76 Å². The Bertz CT molecular complexity index is 1090. The lowest BCUT2D eigenvalue weighted by molar-refractivity contribution is -0.121. The number of hydrogen-bond acceptors (Lipinski definition) is 3.